The number of nitrogens with zero attached hydrogens (tertiary/aromatic N) is 5. The number of alkyl halides is 3. The summed E-state index contributed by atoms with van der Waals surface area (Å²) in [5.41, 5.74) is 0.268. The van der Waals surface area contributed by atoms with Crippen molar-refractivity contribution >= 4 is 5.91 Å². The normalized spacial score (nSPS) is 17.2. The van der Waals surface area contributed by atoms with Crippen LogP contribution in [0.5, 0.6) is 0 Å². The van der Waals surface area contributed by atoms with E-state index in [0.717, 1.165) is 17.8 Å². The fourth-order valence-electron chi connectivity index (χ4n) is 3.30. The number of aryl methyl sites for hydroxylation is 2. The van der Waals surface area contributed by atoms with Gasteiger partial charge >= 0.3 is 6.18 Å². The molecule has 0 radical (unpaired) electrons. The van der Waals surface area contributed by atoms with Crippen LogP contribution in [0.2, 0.25) is 0 Å². The van der Waals surface area contributed by atoms with Gasteiger partial charge in [-0.25, -0.2) is 0 Å². The molecular formula is C20H20F3N5O3. The zero-order valence-electron chi connectivity index (χ0n) is 16.7. The molecule has 0 N–H and O–H groups in total. The highest BCUT2D eigenvalue weighted by atomic mass is 19.4. The molecule has 0 bridgehead atoms. The first-order valence-electron chi connectivity index (χ1n) is 9.70. The fraction of sp³-hybridized carbons (Fsp3) is 0.400. The molecule has 0 unspecified atom stereocenters. The molecule has 1 saturated heterocycles. The van der Waals surface area contributed by atoms with Gasteiger partial charge in [-0.1, -0.05) is 17.3 Å². The van der Waals surface area contributed by atoms with Crippen molar-refractivity contribution < 1.29 is 27.2 Å². The number of morpholine rings is 1. The van der Waals surface area contributed by atoms with Crippen molar-refractivity contribution in [3.63, 3.8) is 0 Å². The largest absolute Gasteiger partial charge is 0.416 e. The maximum absolute atomic E-state index is 12.9. The standard InChI is InChI=1S/C20H20F3N5O3/c1-13-5-7-28(25-13)8-6-17(29)27-9-10-30-16(12-27)19-24-18(26-31-19)14-3-2-4-15(11-14)20(21,22)23/h2-5,7,11,16H,6,8-10,12H2,1H3/t16-/m0/s1. The van der Waals surface area contributed by atoms with Crippen molar-refractivity contribution in [1.82, 2.24) is 24.8 Å². The van der Waals surface area contributed by atoms with E-state index >= 15 is 0 Å². The molecule has 4 rings (SSSR count). The first kappa shape index (κ1) is 21.0. The Bertz CT molecular complexity index is 1060. The number of amides is 1. The highest BCUT2D eigenvalue weighted by Gasteiger charge is 2.32. The summed E-state index contributed by atoms with van der Waals surface area (Å²) in [4.78, 5) is 18.4. The highest BCUT2D eigenvalue weighted by Crippen LogP contribution is 2.32. The number of hydrogen-bond donors (Lipinski definition) is 0. The van der Waals surface area contributed by atoms with Gasteiger partial charge in [0.05, 0.1) is 24.4 Å². The van der Waals surface area contributed by atoms with Crippen molar-refractivity contribution in [2.24, 2.45) is 0 Å². The lowest BCUT2D eigenvalue weighted by molar-refractivity contribution is -0.140. The van der Waals surface area contributed by atoms with Crippen molar-refractivity contribution in [3.8, 4) is 11.4 Å². The highest BCUT2D eigenvalue weighted by molar-refractivity contribution is 5.76. The maximum Gasteiger partial charge on any atom is 0.416 e. The quantitative estimate of drug-likeness (QED) is 0.612. The van der Waals surface area contributed by atoms with E-state index in [1.807, 2.05) is 19.2 Å². The van der Waals surface area contributed by atoms with Gasteiger partial charge in [-0.05, 0) is 25.1 Å². The number of benzene rings is 1. The molecule has 1 fully saturated rings. The molecule has 2 aromatic heterocycles. The zero-order chi connectivity index (χ0) is 22.0. The Morgan fingerprint density at radius 2 is 2.13 bits per heavy atom. The molecule has 31 heavy (non-hydrogen) atoms. The summed E-state index contributed by atoms with van der Waals surface area (Å²) in [5.74, 6) is 0.0916. The number of ether oxygens (including phenoxy) is 1. The van der Waals surface area contributed by atoms with E-state index in [2.05, 4.69) is 15.2 Å². The van der Waals surface area contributed by atoms with Gasteiger partial charge in [-0.15, -0.1) is 0 Å². The minimum atomic E-state index is -4.47. The predicted molar refractivity (Wildman–Crippen MR) is 102 cm³/mol. The molecule has 11 heteroatoms. The number of aromatic nitrogens is 4. The van der Waals surface area contributed by atoms with E-state index in [1.54, 1.807) is 9.58 Å². The first-order valence-corrected chi connectivity index (χ1v) is 9.70. The van der Waals surface area contributed by atoms with Gasteiger partial charge in [0.15, 0.2) is 6.10 Å². The maximum atomic E-state index is 12.9. The summed E-state index contributed by atoms with van der Waals surface area (Å²) in [6.07, 6.45) is -3.01. The molecular weight excluding hydrogens is 415 g/mol. The zero-order valence-corrected chi connectivity index (χ0v) is 16.7. The Hall–Kier alpha value is -3.21. The average molecular weight is 435 g/mol. The van der Waals surface area contributed by atoms with Crippen molar-refractivity contribution in [2.75, 3.05) is 19.7 Å². The smallest absolute Gasteiger partial charge is 0.365 e. The number of carbonyl (C=O) groups excluding carboxylic acids is 1. The van der Waals surface area contributed by atoms with Crippen molar-refractivity contribution in [3.05, 3.63) is 53.7 Å². The van der Waals surface area contributed by atoms with Gasteiger partial charge in [0.1, 0.15) is 0 Å². The third kappa shape index (κ3) is 4.93. The number of carbonyl (C=O) groups is 1. The fourth-order valence-corrected chi connectivity index (χ4v) is 3.30. The van der Waals surface area contributed by atoms with Crippen LogP contribution in [0.3, 0.4) is 0 Å². The van der Waals surface area contributed by atoms with Gasteiger partial charge in [-0.2, -0.15) is 23.3 Å². The summed E-state index contributed by atoms with van der Waals surface area (Å²) >= 11 is 0. The molecule has 3 aromatic rings. The average Bonchev–Trinajstić information content (AvgIpc) is 3.41. The molecule has 3 heterocycles. The molecule has 0 saturated carbocycles. The van der Waals surface area contributed by atoms with Crippen LogP contribution in [0.15, 0.2) is 41.1 Å². The van der Waals surface area contributed by atoms with Gasteiger partial charge < -0.3 is 14.2 Å². The molecule has 1 atom stereocenters. The molecule has 1 aliphatic heterocycles. The van der Waals surface area contributed by atoms with Crippen LogP contribution in [0.25, 0.3) is 11.4 Å². The lowest BCUT2D eigenvalue weighted by atomic mass is 10.1. The second kappa shape index (κ2) is 8.50. The lowest BCUT2D eigenvalue weighted by Gasteiger charge is -2.31. The molecule has 1 aliphatic rings. The summed E-state index contributed by atoms with van der Waals surface area (Å²) < 4.78 is 51.4. The molecule has 1 aromatic carbocycles. The summed E-state index contributed by atoms with van der Waals surface area (Å²) in [7, 11) is 0. The van der Waals surface area contributed by atoms with E-state index in [9.17, 15) is 18.0 Å². The predicted octanol–water partition coefficient (Wildman–Crippen LogP) is 3.25. The van der Waals surface area contributed by atoms with Crippen molar-refractivity contribution in [1.29, 1.82) is 0 Å². The van der Waals surface area contributed by atoms with Crippen molar-refractivity contribution in [2.45, 2.75) is 32.2 Å². The van der Waals surface area contributed by atoms with Gasteiger partial charge in [0.25, 0.3) is 5.89 Å². The van der Waals surface area contributed by atoms with E-state index in [-0.39, 0.29) is 36.2 Å². The minimum absolute atomic E-state index is 0.0298. The first-order chi connectivity index (χ1) is 14.8. The Morgan fingerprint density at radius 3 is 2.87 bits per heavy atom. The molecule has 8 nitrogen and oxygen atoms in total. The second-order valence-corrected chi connectivity index (χ2v) is 7.20. The van der Waals surface area contributed by atoms with E-state index < -0.39 is 17.8 Å². The third-order valence-electron chi connectivity index (χ3n) is 4.91. The number of hydrogen-bond acceptors (Lipinski definition) is 6. The van der Waals surface area contributed by atoms with E-state index in [4.69, 9.17) is 9.26 Å². The summed E-state index contributed by atoms with van der Waals surface area (Å²) in [6, 6.07) is 6.56. The topological polar surface area (TPSA) is 86.3 Å². The number of halogens is 3. The van der Waals surface area contributed by atoms with Crippen LogP contribution in [-0.4, -0.2) is 50.4 Å². The van der Waals surface area contributed by atoms with Gasteiger partial charge in [0.2, 0.25) is 11.7 Å². The molecule has 164 valence electrons. The summed E-state index contributed by atoms with van der Waals surface area (Å²) in [6.45, 7) is 3.29. The Morgan fingerprint density at radius 1 is 1.29 bits per heavy atom. The van der Waals surface area contributed by atoms with Crippen LogP contribution < -0.4 is 0 Å². The van der Waals surface area contributed by atoms with Crippen LogP contribution >= 0.6 is 0 Å². The summed E-state index contributed by atoms with van der Waals surface area (Å²) in [5, 5.41) is 8.05. The van der Waals surface area contributed by atoms with Crippen LogP contribution in [0.1, 0.15) is 29.7 Å². The molecule has 0 aliphatic carbocycles. The third-order valence-corrected chi connectivity index (χ3v) is 4.91. The lowest BCUT2D eigenvalue weighted by Crippen LogP contribution is -2.42. The SMILES string of the molecule is Cc1ccn(CCC(=O)N2CCO[C@H](c3nc(-c4cccc(C(F)(F)F)c4)no3)C2)n1. The molecule has 0 spiro atoms. The Labute approximate surface area is 175 Å². The van der Waals surface area contributed by atoms with E-state index in [0.29, 0.717) is 19.7 Å². The Balaban J connectivity index is 1.41. The van der Waals surface area contributed by atoms with Gasteiger partial charge in [-0.3, -0.25) is 9.48 Å². The van der Waals surface area contributed by atoms with Gasteiger partial charge in [0, 0.05) is 31.3 Å². The van der Waals surface area contributed by atoms with E-state index in [1.165, 1.54) is 12.1 Å². The Kier molecular flexibility index (Phi) is 5.77. The second-order valence-electron chi connectivity index (χ2n) is 7.20. The monoisotopic (exact) mass is 435 g/mol. The van der Waals surface area contributed by atoms with Crippen LogP contribution in [0.4, 0.5) is 13.2 Å². The van der Waals surface area contributed by atoms with Crippen LogP contribution in [-0.2, 0) is 22.3 Å². The number of rotatable bonds is 5. The molecule has 1 amide bonds. The van der Waals surface area contributed by atoms with Crippen LogP contribution in [0, 0.1) is 6.92 Å². The minimum Gasteiger partial charge on any atom is -0.365 e.